The van der Waals surface area contributed by atoms with Crippen molar-refractivity contribution in [1.82, 2.24) is 10.2 Å². The first kappa shape index (κ1) is 19.0. The smallest absolute Gasteiger partial charge is 0.261 e. The van der Waals surface area contributed by atoms with Crippen LogP contribution >= 0.6 is 11.3 Å². The first-order valence-corrected chi connectivity index (χ1v) is 9.48. The fourth-order valence-electron chi connectivity index (χ4n) is 3.35. The van der Waals surface area contributed by atoms with Crippen molar-refractivity contribution in [1.29, 1.82) is 0 Å². The lowest BCUT2D eigenvalue weighted by atomic mass is 10.0. The zero-order valence-corrected chi connectivity index (χ0v) is 15.4. The van der Waals surface area contributed by atoms with Crippen molar-refractivity contribution in [2.75, 3.05) is 20.2 Å². The van der Waals surface area contributed by atoms with E-state index in [1.807, 2.05) is 53.7 Å². The van der Waals surface area contributed by atoms with Crippen LogP contribution in [0.2, 0.25) is 0 Å². The maximum absolute atomic E-state index is 12.2. The first-order valence-electron chi connectivity index (χ1n) is 8.60. The van der Waals surface area contributed by atoms with E-state index in [2.05, 4.69) is 5.32 Å². The van der Waals surface area contributed by atoms with Gasteiger partial charge in [0, 0.05) is 13.1 Å². The summed E-state index contributed by atoms with van der Waals surface area (Å²) in [6.07, 6.45) is -1.88. The second-order valence-corrected chi connectivity index (χ2v) is 7.41. The molecule has 0 bridgehead atoms. The molecule has 0 spiro atoms. The van der Waals surface area contributed by atoms with Gasteiger partial charge in [0.15, 0.2) is 0 Å². The summed E-state index contributed by atoms with van der Waals surface area (Å²) in [5, 5.41) is 24.8. The third-order valence-electron chi connectivity index (χ3n) is 4.63. The highest BCUT2D eigenvalue weighted by Gasteiger charge is 2.45. The molecule has 140 valence electrons. The van der Waals surface area contributed by atoms with Gasteiger partial charge in [-0.1, -0.05) is 36.4 Å². The molecule has 1 aromatic carbocycles. The summed E-state index contributed by atoms with van der Waals surface area (Å²) in [6.45, 7) is 0.653. The van der Waals surface area contributed by atoms with E-state index in [-0.39, 0.29) is 25.1 Å². The van der Waals surface area contributed by atoms with Crippen LogP contribution in [-0.4, -0.2) is 65.6 Å². The highest BCUT2D eigenvalue weighted by atomic mass is 32.1. The Morgan fingerprint density at radius 2 is 2.00 bits per heavy atom. The Morgan fingerprint density at radius 1 is 1.23 bits per heavy atom. The van der Waals surface area contributed by atoms with E-state index in [4.69, 9.17) is 4.74 Å². The number of benzene rings is 1. The van der Waals surface area contributed by atoms with Gasteiger partial charge in [-0.3, -0.25) is 9.69 Å². The van der Waals surface area contributed by atoms with Gasteiger partial charge in [-0.25, -0.2) is 0 Å². The van der Waals surface area contributed by atoms with Gasteiger partial charge in [-0.15, -0.1) is 11.3 Å². The molecule has 1 fully saturated rings. The van der Waals surface area contributed by atoms with Gasteiger partial charge in [0.2, 0.25) is 0 Å². The SMILES string of the molecule is CN(Cc1ccccc1)[C@@H]1[C@H](O)[C@H](CO)O[C@@H]1CNC(=O)c1cccs1. The number of rotatable bonds is 7. The third-order valence-corrected chi connectivity index (χ3v) is 5.50. The molecule has 0 unspecified atom stereocenters. The van der Waals surface area contributed by atoms with Crippen LogP contribution in [0.4, 0.5) is 0 Å². The normalized spacial score (nSPS) is 25.5. The van der Waals surface area contributed by atoms with E-state index in [1.165, 1.54) is 11.3 Å². The minimum Gasteiger partial charge on any atom is -0.394 e. The Hall–Kier alpha value is -1.77. The number of thiophene rings is 1. The zero-order valence-electron chi connectivity index (χ0n) is 14.6. The Morgan fingerprint density at radius 3 is 2.65 bits per heavy atom. The van der Waals surface area contributed by atoms with Gasteiger partial charge >= 0.3 is 0 Å². The van der Waals surface area contributed by atoms with Gasteiger partial charge in [0.1, 0.15) is 12.2 Å². The number of nitrogens with zero attached hydrogens (tertiary/aromatic N) is 1. The molecule has 1 aliphatic heterocycles. The van der Waals surface area contributed by atoms with Gasteiger partial charge < -0.3 is 20.3 Å². The second-order valence-electron chi connectivity index (χ2n) is 6.46. The predicted octanol–water partition coefficient (Wildman–Crippen LogP) is 1.10. The number of aliphatic hydroxyl groups excluding tert-OH is 2. The number of hydrogen-bond acceptors (Lipinski definition) is 6. The molecule has 2 heterocycles. The molecule has 1 amide bonds. The molecular weight excluding hydrogens is 352 g/mol. The molecular formula is C19H24N2O4S. The van der Waals surface area contributed by atoms with Crippen molar-refractivity contribution in [3.8, 4) is 0 Å². The number of nitrogens with one attached hydrogen (secondary N) is 1. The zero-order chi connectivity index (χ0) is 18.5. The van der Waals surface area contributed by atoms with E-state index in [9.17, 15) is 15.0 Å². The fourth-order valence-corrected chi connectivity index (χ4v) is 3.99. The number of aliphatic hydroxyl groups is 2. The lowest BCUT2D eigenvalue weighted by molar-refractivity contribution is -0.0209. The maximum atomic E-state index is 12.2. The average Bonchev–Trinajstić information content (AvgIpc) is 3.28. The summed E-state index contributed by atoms with van der Waals surface area (Å²) in [4.78, 5) is 14.8. The van der Waals surface area contributed by atoms with E-state index < -0.39 is 18.3 Å². The molecule has 3 N–H and O–H groups in total. The Kier molecular flexibility index (Phi) is 6.39. The number of carbonyl (C=O) groups is 1. The molecule has 7 heteroatoms. The molecule has 1 saturated heterocycles. The molecule has 3 rings (SSSR count). The molecule has 0 saturated carbocycles. The predicted molar refractivity (Wildman–Crippen MR) is 100 cm³/mol. The average molecular weight is 376 g/mol. The minimum atomic E-state index is -0.822. The molecule has 0 radical (unpaired) electrons. The number of ether oxygens (including phenoxy) is 1. The summed E-state index contributed by atoms with van der Waals surface area (Å²) < 4.78 is 5.81. The largest absolute Gasteiger partial charge is 0.394 e. The highest BCUT2D eigenvalue weighted by Crippen LogP contribution is 2.26. The molecule has 4 atom stereocenters. The van der Waals surface area contributed by atoms with Crippen LogP contribution in [0.15, 0.2) is 47.8 Å². The van der Waals surface area contributed by atoms with Crippen LogP contribution in [0.5, 0.6) is 0 Å². The second kappa shape index (κ2) is 8.75. The maximum Gasteiger partial charge on any atom is 0.261 e. The van der Waals surface area contributed by atoms with Crippen molar-refractivity contribution in [3.05, 3.63) is 58.3 Å². The Bertz CT molecular complexity index is 695. The van der Waals surface area contributed by atoms with Gasteiger partial charge in [0.05, 0.1) is 23.6 Å². The standard InChI is InChI=1S/C19H24N2O4S/c1-21(11-13-6-3-2-4-7-13)17-14(25-15(12-22)18(17)23)10-20-19(24)16-8-5-9-26-16/h2-9,14-15,17-18,22-23H,10-12H2,1H3,(H,20,24)/t14-,15+,17+,18-/m1/s1. The summed E-state index contributed by atoms with van der Waals surface area (Å²) in [5.74, 6) is -0.157. The van der Waals surface area contributed by atoms with Crippen LogP contribution in [0.1, 0.15) is 15.2 Å². The van der Waals surface area contributed by atoms with Gasteiger partial charge in [-0.05, 0) is 24.1 Å². The number of likely N-dealkylation sites (N-methyl/N-ethyl adjacent to an activating group) is 1. The van der Waals surface area contributed by atoms with Crippen LogP contribution in [0, 0.1) is 0 Å². The van der Waals surface area contributed by atoms with Crippen LogP contribution in [0.25, 0.3) is 0 Å². The summed E-state index contributed by atoms with van der Waals surface area (Å²) >= 11 is 1.38. The van der Waals surface area contributed by atoms with E-state index >= 15 is 0 Å². The molecule has 0 aliphatic carbocycles. The Labute approximate surface area is 157 Å². The molecule has 1 aliphatic rings. The van der Waals surface area contributed by atoms with E-state index in [0.717, 1.165) is 5.56 Å². The lowest BCUT2D eigenvalue weighted by Crippen LogP contribution is -2.49. The number of carbonyl (C=O) groups excluding carboxylic acids is 1. The van der Waals surface area contributed by atoms with Gasteiger partial charge in [-0.2, -0.15) is 0 Å². The molecule has 1 aromatic heterocycles. The van der Waals surface area contributed by atoms with Gasteiger partial charge in [0.25, 0.3) is 5.91 Å². The summed E-state index contributed by atoms with van der Waals surface area (Å²) in [5.41, 5.74) is 1.12. The first-order chi connectivity index (χ1) is 12.6. The van der Waals surface area contributed by atoms with Crippen molar-refractivity contribution < 1.29 is 19.7 Å². The highest BCUT2D eigenvalue weighted by molar-refractivity contribution is 7.12. The van der Waals surface area contributed by atoms with Crippen molar-refractivity contribution in [2.24, 2.45) is 0 Å². The molecule has 2 aromatic rings. The number of hydrogen-bond donors (Lipinski definition) is 3. The number of amides is 1. The summed E-state index contributed by atoms with van der Waals surface area (Å²) in [7, 11) is 1.91. The monoisotopic (exact) mass is 376 g/mol. The van der Waals surface area contributed by atoms with Crippen LogP contribution in [-0.2, 0) is 11.3 Å². The lowest BCUT2D eigenvalue weighted by Gasteiger charge is -2.30. The van der Waals surface area contributed by atoms with Crippen molar-refractivity contribution in [3.63, 3.8) is 0 Å². The van der Waals surface area contributed by atoms with Crippen molar-refractivity contribution >= 4 is 17.2 Å². The quantitative estimate of drug-likeness (QED) is 0.674. The minimum absolute atomic E-state index is 0.157. The fraction of sp³-hybridized carbons (Fsp3) is 0.421. The van der Waals surface area contributed by atoms with E-state index in [0.29, 0.717) is 11.4 Å². The van der Waals surface area contributed by atoms with E-state index in [1.54, 1.807) is 6.07 Å². The van der Waals surface area contributed by atoms with Crippen LogP contribution < -0.4 is 5.32 Å². The molecule has 26 heavy (non-hydrogen) atoms. The third kappa shape index (κ3) is 4.31. The summed E-state index contributed by atoms with van der Waals surface area (Å²) in [6, 6.07) is 13.2. The molecule has 6 nitrogen and oxygen atoms in total. The van der Waals surface area contributed by atoms with Crippen LogP contribution in [0.3, 0.4) is 0 Å². The topological polar surface area (TPSA) is 82.0 Å². The van der Waals surface area contributed by atoms with Crippen molar-refractivity contribution in [2.45, 2.75) is 30.9 Å². The Balaban J connectivity index is 1.66.